The fourth-order valence-electron chi connectivity index (χ4n) is 1.67. The minimum absolute atomic E-state index is 0.257. The van der Waals surface area contributed by atoms with Gasteiger partial charge in [0, 0.05) is 22.8 Å². The molecule has 0 spiro atoms. The van der Waals surface area contributed by atoms with Crippen molar-refractivity contribution in [3.8, 4) is 10.0 Å². The van der Waals surface area contributed by atoms with Crippen LogP contribution < -0.4 is 0 Å². The van der Waals surface area contributed by atoms with Gasteiger partial charge in [0.2, 0.25) is 0 Å². The maximum atomic E-state index is 12.6. The first-order valence-electron chi connectivity index (χ1n) is 8.21. The molecule has 0 amide bonds. The molecule has 0 aliphatic heterocycles. The van der Waals surface area contributed by atoms with E-state index in [0.29, 0.717) is 18.7 Å². The molecule has 0 saturated carbocycles. The van der Waals surface area contributed by atoms with Gasteiger partial charge in [0.25, 0.3) is 0 Å². The van der Waals surface area contributed by atoms with Gasteiger partial charge in [-0.25, -0.2) is 9.13 Å². The molecular formula is C12H20N4O6P2S4. The maximum absolute atomic E-state index is 12.6. The second kappa shape index (κ2) is 11.5. The second-order valence-corrected chi connectivity index (χ2v) is 14.7. The highest BCUT2D eigenvalue weighted by atomic mass is 32.7. The van der Waals surface area contributed by atoms with Crippen LogP contribution in [0.25, 0.3) is 10.0 Å². The molecular weight excluding hydrogens is 486 g/mol. The molecule has 0 atom stereocenters. The van der Waals surface area contributed by atoms with E-state index < -0.39 is 13.6 Å². The number of aromatic nitrogens is 4. The summed E-state index contributed by atoms with van der Waals surface area (Å²) in [6.45, 7) is 1.30. The Hall–Kier alpha value is 0.120. The maximum Gasteiger partial charge on any atom is 0.396 e. The van der Waals surface area contributed by atoms with E-state index in [0.717, 1.165) is 22.8 Å². The van der Waals surface area contributed by atoms with E-state index in [9.17, 15) is 9.13 Å². The monoisotopic (exact) mass is 506 g/mol. The predicted octanol–water partition coefficient (Wildman–Crippen LogP) is 5.60. The van der Waals surface area contributed by atoms with Gasteiger partial charge in [0.05, 0.1) is 26.4 Å². The van der Waals surface area contributed by atoms with Crippen molar-refractivity contribution >= 4 is 59.0 Å². The fourth-order valence-corrected chi connectivity index (χ4v) is 11.3. The van der Waals surface area contributed by atoms with Gasteiger partial charge in [-0.1, -0.05) is 22.7 Å². The molecule has 16 heteroatoms. The highest BCUT2D eigenvalue weighted by molar-refractivity contribution is 8.56. The molecule has 0 aliphatic rings. The largest absolute Gasteiger partial charge is 0.396 e. The van der Waals surface area contributed by atoms with Crippen LogP contribution >= 0.6 is 59.0 Å². The molecule has 0 unspecified atom stereocenters. The molecule has 0 radical (unpaired) electrons. The van der Waals surface area contributed by atoms with Gasteiger partial charge in [-0.15, -0.1) is 20.4 Å². The van der Waals surface area contributed by atoms with Gasteiger partial charge in [-0.2, -0.15) is 0 Å². The summed E-state index contributed by atoms with van der Waals surface area (Å²) in [5.41, 5.74) is 0. The van der Waals surface area contributed by atoms with Crippen LogP contribution in [-0.2, 0) is 27.2 Å². The van der Waals surface area contributed by atoms with E-state index in [-0.39, 0.29) is 26.4 Å². The second-order valence-electron chi connectivity index (χ2n) is 4.49. The first kappa shape index (κ1) is 24.4. The molecule has 158 valence electrons. The third-order valence-electron chi connectivity index (χ3n) is 2.52. The Balaban J connectivity index is 2.12. The lowest BCUT2D eigenvalue weighted by Crippen LogP contribution is -1.91. The SMILES string of the molecule is CCOP(=O)(OCC)Sc1nnc(-c2nnc(SP(=O)(OCC)OCC)s2)s1. The van der Waals surface area contributed by atoms with Gasteiger partial charge in [0.1, 0.15) is 0 Å². The van der Waals surface area contributed by atoms with Crippen molar-refractivity contribution in [2.75, 3.05) is 26.4 Å². The van der Waals surface area contributed by atoms with Crippen LogP contribution in [0.4, 0.5) is 0 Å². The molecule has 2 rings (SSSR count). The Kier molecular flexibility index (Phi) is 10.0. The van der Waals surface area contributed by atoms with Gasteiger partial charge in [-0.3, -0.25) is 0 Å². The summed E-state index contributed by atoms with van der Waals surface area (Å²) in [5.74, 6) is 0. The van der Waals surface area contributed by atoms with Crippen LogP contribution in [0.2, 0.25) is 0 Å². The van der Waals surface area contributed by atoms with Crippen molar-refractivity contribution in [1.82, 2.24) is 20.4 Å². The van der Waals surface area contributed by atoms with Crippen LogP contribution in [0.3, 0.4) is 0 Å². The fraction of sp³-hybridized carbons (Fsp3) is 0.667. The van der Waals surface area contributed by atoms with Crippen LogP contribution in [-0.4, -0.2) is 46.8 Å². The predicted molar refractivity (Wildman–Crippen MR) is 112 cm³/mol. The summed E-state index contributed by atoms with van der Waals surface area (Å²) in [6, 6.07) is 0. The van der Waals surface area contributed by atoms with Crippen molar-refractivity contribution in [1.29, 1.82) is 0 Å². The van der Waals surface area contributed by atoms with E-state index in [1.807, 2.05) is 0 Å². The van der Waals surface area contributed by atoms with Crippen LogP contribution in [0.1, 0.15) is 27.7 Å². The Bertz CT molecular complexity index is 761. The Morgan fingerprint density at radius 3 is 1.29 bits per heavy atom. The van der Waals surface area contributed by atoms with Crippen molar-refractivity contribution in [2.24, 2.45) is 0 Å². The highest BCUT2D eigenvalue weighted by Crippen LogP contribution is 2.65. The smallest absolute Gasteiger partial charge is 0.301 e. The first-order valence-corrected chi connectivity index (χ1v) is 15.8. The third-order valence-corrected chi connectivity index (χ3v) is 12.7. The lowest BCUT2D eigenvalue weighted by molar-refractivity contribution is 0.236. The molecule has 0 saturated heterocycles. The van der Waals surface area contributed by atoms with Gasteiger partial charge >= 0.3 is 13.6 Å². The van der Waals surface area contributed by atoms with E-state index in [2.05, 4.69) is 20.4 Å². The summed E-state index contributed by atoms with van der Waals surface area (Å²) in [4.78, 5) is 0. The quantitative estimate of drug-likeness (QED) is 0.314. The van der Waals surface area contributed by atoms with Crippen molar-refractivity contribution < 1.29 is 27.2 Å². The third kappa shape index (κ3) is 7.12. The summed E-state index contributed by atoms with van der Waals surface area (Å²) in [6.07, 6.45) is 0. The minimum atomic E-state index is -3.34. The van der Waals surface area contributed by atoms with Crippen LogP contribution in [0.5, 0.6) is 0 Å². The lowest BCUT2D eigenvalue weighted by Gasteiger charge is -2.13. The van der Waals surface area contributed by atoms with Gasteiger partial charge in [0.15, 0.2) is 18.7 Å². The van der Waals surface area contributed by atoms with Crippen molar-refractivity contribution in [2.45, 2.75) is 36.4 Å². The zero-order valence-corrected chi connectivity index (χ0v) is 20.6. The average molecular weight is 507 g/mol. The molecule has 0 aromatic carbocycles. The molecule has 2 aromatic rings. The van der Waals surface area contributed by atoms with E-state index in [1.54, 1.807) is 27.7 Å². The Morgan fingerprint density at radius 1 is 0.679 bits per heavy atom. The van der Waals surface area contributed by atoms with E-state index >= 15 is 0 Å². The first-order chi connectivity index (χ1) is 13.4. The number of nitrogens with zero attached hydrogens (tertiary/aromatic N) is 4. The molecule has 0 aliphatic carbocycles. The Labute approximate surface area is 179 Å². The van der Waals surface area contributed by atoms with Crippen molar-refractivity contribution in [3.05, 3.63) is 0 Å². The zero-order chi connectivity index (χ0) is 20.6. The number of hydrogen-bond donors (Lipinski definition) is 0. The average Bonchev–Trinajstić information content (AvgIpc) is 3.24. The Morgan fingerprint density at radius 2 is 1.00 bits per heavy atom. The molecule has 0 N–H and O–H groups in total. The molecule has 28 heavy (non-hydrogen) atoms. The number of hydrogen-bond acceptors (Lipinski definition) is 14. The molecule has 2 aromatic heterocycles. The van der Waals surface area contributed by atoms with Gasteiger partial charge < -0.3 is 18.1 Å². The topological polar surface area (TPSA) is 123 Å². The summed E-state index contributed by atoms with van der Waals surface area (Å²) in [5, 5.41) is 17.1. The lowest BCUT2D eigenvalue weighted by atomic mass is 10.8. The summed E-state index contributed by atoms with van der Waals surface area (Å²) in [7, 11) is 0. The molecule has 2 heterocycles. The summed E-state index contributed by atoms with van der Waals surface area (Å²) < 4.78 is 47.0. The van der Waals surface area contributed by atoms with Crippen molar-refractivity contribution in [3.63, 3.8) is 0 Å². The van der Waals surface area contributed by atoms with Crippen LogP contribution in [0, 0.1) is 0 Å². The van der Waals surface area contributed by atoms with Crippen LogP contribution in [0.15, 0.2) is 8.68 Å². The molecule has 0 bridgehead atoms. The normalized spacial score (nSPS) is 12.6. The number of rotatable bonds is 13. The molecule has 0 fully saturated rings. The van der Waals surface area contributed by atoms with E-state index in [4.69, 9.17) is 18.1 Å². The standard InChI is InChI=1S/C12H20N4O6P2S4/c1-5-19-23(17,20-6-2)27-11-15-13-9(25-11)10-14-16-12(26-10)28-24(18,21-7-3)22-8-4/h5-8H2,1-4H3. The summed E-state index contributed by atoms with van der Waals surface area (Å²) >= 11 is 4.20. The molecule has 10 nitrogen and oxygen atoms in total. The highest BCUT2D eigenvalue weighted by Gasteiger charge is 2.30. The zero-order valence-electron chi connectivity index (χ0n) is 15.6. The van der Waals surface area contributed by atoms with Gasteiger partial charge in [-0.05, 0) is 27.7 Å². The van der Waals surface area contributed by atoms with E-state index in [1.165, 1.54) is 22.7 Å². The minimum Gasteiger partial charge on any atom is -0.301 e.